The van der Waals surface area contributed by atoms with E-state index in [0.717, 1.165) is 32.1 Å². The van der Waals surface area contributed by atoms with Crippen LogP contribution in [0.3, 0.4) is 0 Å². The van der Waals surface area contributed by atoms with Gasteiger partial charge in [-0.3, -0.25) is 9.69 Å². The van der Waals surface area contributed by atoms with Gasteiger partial charge in [-0.2, -0.15) is 4.98 Å². The van der Waals surface area contributed by atoms with Gasteiger partial charge in [-0.05, 0) is 13.0 Å². The Morgan fingerprint density at radius 3 is 2.67 bits per heavy atom. The number of nitrogens with zero attached hydrogens (tertiary/aromatic N) is 7. The molecule has 146 valence electrons. The third-order valence-electron chi connectivity index (χ3n) is 4.41. The van der Waals surface area contributed by atoms with Crippen LogP contribution >= 0.6 is 0 Å². The highest BCUT2D eigenvalue weighted by molar-refractivity contribution is 5.78. The average molecular weight is 375 g/mol. The van der Waals surface area contributed by atoms with Gasteiger partial charge in [0.05, 0.1) is 6.54 Å². The van der Waals surface area contributed by atoms with Crippen LogP contribution in [-0.2, 0) is 22.7 Å². The van der Waals surface area contributed by atoms with Crippen LogP contribution in [0, 0.1) is 0 Å². The summed E-state index contributed by atoms with van der Waals surface area (Å²) in [5.74, 6) is 1.69. The van der Waals surface area contributed by atoms with Gasteiger partial charge in [0.2, 0.25) is 17.7 Å². The van der Waals surface area contributed by atoms with Gasteiger partial charge >= 0.3 is 0 Å². The van der Waals surface area contributed by atoms with Gasteiger partial charge < -0.3 is 19.1 Å². The number of hydrogen-bond acceptors (Lipinski definition) is 9. The summed E-state index contributed by atoms with van der Waals surface area (Å²) in [7, 11) is 1.57. The van der Waals surface area contributed by atoms with E-state index in [1.165, 1.54) is 0 Å². The zero-order valence-electron chi connectivity index (χ0n) is 15.7. The van der Waals surface area contributed by atoms with Crippen LogP contribution in [-0.4, -0.2) is 82.2 Å². The fourth-order valence-corrected chi connectivity index (χ4v) is 2.93. The molecule has 10 nitrogen and oxygen atoms in total. The lowest BCUT2D eigenvalue weighted by atomic mass is 10.3. The highest BCUT2D eigenvalue weighted by atomic mass is 16.5. The molecule has 3 rings (SSSR count). The van der Waals surface area contributed by atoms with Gasteiger partial charge in [0, 0.05) is 52.2 Å². The van der Waals surface area contributed by atoms with Crippen LogP contribution in [0.15, 0.2) is 23.0 Å². The van der Waals surface area contributed by atoms with Crippen LogP contribution in [0.1, 0.15) is 18.6 Å². The van der Waals surface area contributed by atoms with E-state index in [1.54, 1.807) is 30.5 Å². The van der Waals surface area contributed by atoms with Crippen molar-refractivity contribution < 1.29 is 14.1 Å². The summed E-state index contributed by atoms with van der Waals surface area (Å²) in [6, 6.07) is 1.80. The zero-order valence-corrected chi connectivity index (χ0v) is 15.7. The lowest BCUT2D eigenvalue weighted by molar-refractivity contribution is -0.133. The molecule has 0 atom stereocenters. The first-order valence-electron chi connectivity index (χ1n) is 9.02. The summed E-state index contributed by atoms with van der Waals surface area (Å²) in [4.78, 5) is 31.5. The van der Waals surface area contributed by atoms with E-state index in [9.17, 15) is 4.79 Å². The number of aromatic nitrogens is 4. The SMILES string of the molecule is CCN(Cc1nc(COC)no1)C(=O)CN1CCN(c2ncccn2)CC1. The number of amides is 1. The molecule has 0 aliphatic carbocycles. The fraction of sp³-hybridized carbons (Fsp3) is 0.588. The maximum Gasteiger partial charge on any atom is 0.246 e. The van der Waals surface area contributed by atoms with E-state index in [4.69, 9.17) is 9.26 Å². The topological polar surface area (TPSA) is 101 Å². The first-order chi connectivity index (χ1) is 13.2. The maximum absolute atomic E-state index is 12.7. The van der Waals surface area contributed by atoms with E-state index < -0.39 is 0 Å². The maximum atomic E-state index is 12.7. The molecule has 0 radical (unpaired) electrons. The Morgan fingerprint density at radius 1 is 1.26 bits per heavy atom. The predicted molar refractivity (Wildman–Crippen MR) is 96.8 cm³/mol. The Hall–Kier alpha value is -2.59. The largest absolute Gasteiger partial charge is 0.377 e. The summed E-state index contributed by atoms with van der Waals surface area (Å²) in [6.07, 6.45) is 3.49. The molecule has 1 fully saturated rings. The fourth-order valence-electron chi connectivity index (χ4n) is 2.93. The second-order valence-corrected chi connectivity index (χ2v) is 6.26. The number of ether oxygens (including phenoxy) is 1. The summed E-state index contributed by atoms with van der Waals surface area (Å²) in [5, 5.41) is 3.83. The average Bonchev–Trinajstić information content (AvgIpc) is 3.15. The molecule has 2 aromatic heterocycles. The van der Waals surface area contributed by atoms with Gasteiger partial charge in [0.15, 0.2) is 5.82 Å². The van der Waals surface area contributed by atoms with Crippen molar-refractivity contribution in [3.05, 3.63) is 30.2 Å². The lowest BCUT2D eigenvalue weighted by Crippen LogP contribution is -2.50. The van der Waals surface area contributed by atoms with Crippen molar-refractivity contribution in [1.29, 1.82) is 0 Å². The smallest absolute Gasteiger partial charge is 0.246 e. The standard InChI is InChI=1S/C17H25N7O3/c1-3-23(11-15-20-14(13-26-2)21-27-15)16(25)12-22-7-9-24(10-8-22)17-18-5-4-6-19-17/h4-6H,3,7-13H2,1-2H3. The molecule has 1 aliphatic heterocycles. The molecule has 3 heterocycles. The van der Waals surface area contributed by atoms with E-state index in [0.29, 0.717) is 38.0 Å². The predicted octanol–water partition coefficient (Wildman–Crippen LogP) is 0.177. The van der Waals surface area contributed by atoms with Crippen molar-refractivity contribution >= 4 is 11.9 Å². The molecule has 10 heteroatoms. The Balaban J connectivity index is 1.48. The Kier molecular flexibility index (Phi) is 6.66. The van der Waals surface area contributed by atoms with E-state index in [-0.39, 0.29) is 5.91 Å². The monoisotopic (exact) mass is 375 g/mol. The van der Waals surface area contributed by atoms with Crippen LogP contribution in [0.5, 0.6) is 0 Å². The highest BCUT2D eigenvalue weighted by Crippen LogP contribution is 2.10. The number of rotatable bonds is 8. The minimum Gasteiger partial charge on any atom is -0.377 e. The normalized spacial score (nSPS) is 15.1. The van der Waals surface area contributed by atoms with Gasteiger partial charge in [-0.15, -0.1) is 0 Å². The summed E-state index contributed by atoms with van der Waals surface area (Å²) < 4.78 is 10.2. The molecular weight excluding hydrogens is 350 g/mol. The molecule has 0 spiro atoms. The van der Waals surface area contributed by atoms with E-state index >= 15 is 0 Å². The number of carbonyl (C=O) groups is 1. The number of piperazine rings is 1. The molecule has 0 aromatic carbocycles. The summed E-state index contributed by atoms with van der Waals surface area (Å²) >= 11 is 0. The van der Waals surface area contributed by atoms with Crippen molar-refractivity contribution in [3.8, 4) is 0 Å². The first-order valence-corrected chi connectivity index (χ1v) is 9.02. The summed E-state index contributed by atoms with van der Waals surface area (Å²) in [5.41, 5.74) is 0. The van der Waals surface area contributed by atoms with Crippen molar-refractivity contribution in [3.63, 3.8) is 0 Å². The number of carbonyl (C=O) groups excluding carboxylic acids is 1. The van der Waals surface area contributed by atoms with E-state index in [1.807, 2.05) is 6.92 Å². The molecule has 1 aliphatic rings. The van der Waals surface area contributed by atoms with Crippen LogP contribution in [0.4, 0.5) is 5.95 Å². The molecular formula is C17H25N7O3. The molecule has 1 amide bonds. The van der Waals surface area contributed by atoms with Crippen molar-refractivity contribution in [2.24, 2.45) is 0 Å². The Labute approximate surface area is 158 Å². The minimum atomic E-state index is 0.0494. The van der Waals surface area contributed by atoms with Crippen molar-refractivity contribution in [1.82, 2.24) is 29.9 Å². The second kappa shape index (κ2) is 9.38. The Morgan fingerprint density at radius 2 is 2.00 bits per heavy atom. The molecule has 0 bridgehead atoms. The number of likely N-dealkylation sites (N-methyl/N-ethyl adjacent to an activating group) is 1. The van der Waals surface area contributed by atoms with Gasteiger partial charge in [0.25, 0.3) is 0 Å². The molecule has 0 saturated carbocycles. The van der Waals surface area contributed by atoms with Crippen molar-refractivity contribution in [2.75, 3.05) is 51.3 Å². The molecule has 0 N–H and O–H groups in total. The van der Waals surface area contributed by atoms with Gasteiger partial charge in [0.1, 0.15) is 13.2 Å². The zero-order chi connectivity index (χ0) is 19.1. The quantitative estimate of drug-likeness (QED) is 0.639. The summed E-state index contributed by atoms with van der Waals surface area (Å²) in [6.45, 7) is 6.67. The lowest BCUT2D eigenvalue weighted by Gasteiger charge is -2.35. The number of hydrogen-bond donors (Lipinski definition) is 0. The first kappa shape index (κ1) is 19.2. The van der Waals surface area contributed by atoms with Crippen LogP contribution < -0.4 is 4.90 Å². The Bertz CT molecular complexity index is 716. The van der Waals surface area contributed by atoms with Crippen LogP contribution in [0.2, 0.25) is 0 Å². The van der Waals surface area contributed by atoms with Gasteiger partial charge in [-0.25, -0.2) is 9.97 Å². The van der Waals surface area contributed by atoms with Gasteiger partial charge in [-0.1, -0.05) is 5.16 Å². The van der Waals surface area contributed by atoms with Crippen molar-refractivity contribution in [2.45, 2.75) is 20.1 Å². The number of anilines is 1. The molecule has 1 saturated heterocycles. The second-order valence-electron chi connectivity index (χ2n) is 6.26. The highest BCUT2D eigenvalue weighted by Gasteiger charge is 2.23. The minimum absolute atomic E-state index is 0.0494. The third-order valence-corrected chi connectivity index (χ3v) is 4.41. The number of methoxy groups -OCH3 is 1. The molecule has 27 heavy (non-hydrogen) atoms. The molecule has 2 aromatic rings. The van der Waals surface area contributed by atoms with Crippen LogP contribution in [0.25, 0.3) is 0 Å². The third kappa shape index (κ3) is 5.20. The van der Waals surface area contributed by atoms with E-state index in [2.05, 4.69) is 29.9 Å². The molecule has 0 unspecified atom stereocenters.